The molecule has 2 heterocycles. The molecule has 134 valence electrons. The molecule has 1 aromatic rings. The van der Waals surface area contributed by atoms with Crippen LogP contribution in [0.5, 0.6) is 0 Å². The minimum absolute atomic E-state index is 0.121. The van der Waals surface area contributed by atoms with Crippen molar-refractivity contribution in [3.8, 4) is 0 Å². The van der Waals surface area contributed by atoms with Crippen LogP contribution >= 0.6 is 0 Å². The minimum atomic E-state index is -0.495. The summed E-state index contributed by atoms with van der Waals surface area (Å²) >= 11 is 0. The SMILES string of the molecule is COCn1ccc(C(=O)N[C@@H]2CC3(C[C@H]2O)CN(C)C3C(C)C)n1. The molecule has 4 atom stereocenters. The highest BCUT2D eigenvalue weighted by Crippen LogP contribution is 2.52. The molecular formula is C17H28N4O3. The molecule has 1 saturated carbocycles. The van der Waals surface area contributed by atoms with Crippen LogP contribution in [0.2, 0.25) is 0 Å². The van der Waals surface area contributed by atoms with Gasteiger partial charge in [-0.05, 0) is 31.9 Å². The third-order valence-corrected chi connectivity index (χ3v) is 5.46. The number of amides is 1. The number of rotatable bonds is 5. The lowest BCUT2D eigenvalue weighted by Crippen LogP contribution is -2.64. The largest absolute Gasteiger partial charge is 0.391 e. The Morgan fingerprint density at radius 2 is 2.29 bits per heavy atom. The molecule has 1 aliphatic heterocycles. The van der Waals surface area contributed by atoms with Crippen molar-refractivity contribution in [2.24, 2.45) is 11.3 Å². The molecule has 1 aliphatic carbocycles. The summed E-state index contributed by atoms with van der Waals surface area (Å²) in [6, 6.07) is 1.93. The fourth-order valence-corrected chi connectivity index (χ4v) is 4.92. The number of hydrogen-bond acceptors (Lipinski definition) is 5. The second-order valence-corrected chi connectivity index (χ2v) is 7.68. The van der Waals surface area contributed by atoms with E-state index >= 15 is 0 Å². The monoisotopic (exact) mass is 336 g/mol. The Kier molecular flexibility index (Phi) is 4.68. The Labute approximate surface area is 143 Å². The highest BCUT2D eigenvalue weighted by atomic mass is 16.5. The third kappa shape index (κ3) is 2.96. The fraction of sp³-hybridized carbons (Fsp3) is 0.765. The van der Waals surface area contributed by atoms with E-state index in [1.807, 2.05) is 0 Å². The van der Waals surface area contributed by atoms with E-state index in [0.717, 1.165) is 19.4 Å². The van der Waals surface area contributed by atoms with Gasteiger partial charge in [-0.1, -0.05) is 13.8 Å². The molecule has 24 heavy (non-hydrogen) atoms. The van der Waals surface area contributed by atoms with Crippen molar-refractivity contribution in [1.29, 1.82) is 0 Å². The van der Waals surface area contributed by atoms with Crippen LogP contribution < -0.4 is 5.32 Å². The summed E-state index contributed by atoms with van der Waals surface area (Å²) < 4.78 is 6.56. The van der Waals surface area contributed by atoms with Crippen LogP contribution in [0.15, 0.2) is 12.3 Å². The highest BCUT2D eigenvalue weighted by Gasteiger charge is 2.58. The molecule has 1 saturated heterocycles. The van der Waals surface area contributed by atoms with Crippen molar-refractivity contribution in [2.45, 2.75) is 51.6 Å². The summed E-state index contributed by atoms with van der Waals surface area (Å²) in [7, 11) is 3.72. The number of nitrogens with one attached hydrogen (secondary N) is 1. The fourth-order valence-electron chi connectivity index (χ4n) is 4.92. The van der Waals surface area contributed by atoms with E-state index in [1.165, 1.54) is 0 Å². The topological polar surface area (TPSA) is 79.6 Å². The molecule has 2 unspecified atom stereocenters. The van der Waals surface area contributed by atoms with Crippen molar-refractivity contribution in [1.82, 2.24) is 20.0 Å². The number of hydrogen-bond donors (Lipinski definition) is 2. The van der Waals surface area contributed by atoms with Crippen molar-refractivity contribution in [2.75, 3.05) is 20.7 Å². The third-order valence-electron chi connectivity index (χ3n) is 5.46. The van der Waals surface area contributed by atoms with Crippen molar-refractivity contribution < 1.29 is 14.6 Å². The van der Waals surface area contributed by atoms with Gasteiger partial charge in [0.15, 0.2) is 0 Å². The molecule has 7 heteroatoms. The maximum atomic E-state index is 12.4. The van der Waals surface area contributed by atoms with Crippen molar-refractivity contribution >= 4 is 5.91 Å². The Bertz CT molecular complexity index is 598. The first-order chi connectivity index (χ1) is 11.4. The lowest BCUT2D eigenvalue weighted by Gasteiger charge is -2.57. The number of aromatic nitrogens is 2. The molecule has 0 radical (unpaired) electrons. The minimum Gasteiger partial charge on any atom is -0.391 e. The number of aliphatic hydroxyl groups excluding tert-OH is 1. The van der Waals surface area contributed by atoms with Gasteiger partial charge in [-0.2, -0.15) is 5.10 Å². The molecule has 1 spiro atoms. The van der Waals surface area contributed by atoms with Crippen LogP contribution in [-0.2, 0) is 11.5 Å². The number of carbonyl (C=O) groups is 1. The molecule has 0 aromatic carbocycles. The average Bonchev–Trinajstić information content (AvgIpc) is 3.05. The maximum absolute atomic E-state index is 12.4. The zero-order valence-corrected chi connectivity index (χ0v) is 14.9. The number of methoxy groups -OCH3 is 1. The maximum Gasteiger partial charge on any atom is 0.272 e. The van der Waals surface area contributed by atoms with Gasteiger partial charge in [0.1, 0.15) is 12.4 Å². The molecule has 1 aromatic heterocycles. The van der Waals surface area contributed by atoms with E-state index in [2.05, 4.69) is 36.2 Å². The first kappa shape index (κ1) is 17.4. The van der Waals surface area contributed by atoms with E-state index in [0.29, 0.717) is 24.4 Å². The Hall–Kier alpha value is -1.44. The molecule has 2 fully saturated rings. The number of carbonyl (C=O) groups excluding carboxylic acids is 1. The summed E-state index contributed by atoms with van der Waals surface area (Å²) in [6.07, 6.45) is 2.79. The molecule has 7 nitrogen and oxygen atoms in total. The smallest absolute Gasteiger partial charge is 0.272 e. The molecule has 2 aliphatic rings. The van der Waals surface area contributed by atoms with Gasteiger partial charge in [0.2, 0.25) is 0 Å². The number of nitrogens with zero attached hydrogens (tertiary/aromatic N) is 3. The van der Waals surface area contributed by atoms with Gasteiger partial charge >= 0.3 is 0 Å². The second kappa shape index (κ2) is 6.46. The van der Waals surface area contributed by atoms with Crippen LogP contribution in [0.25, 0.3) is 0 Å². The molecule has 3 rings (SSSR count). The first-order valence-corrected chi connectivity index (χ1v) is 8.58. The number of ether oxygens (including phenoxy) is 1. The van der Waals surface area contributed by atoms with Gasteiger partial charge in [0, 0.05) is 31.3 Å². The summed E-state index contributed by atoms with van der Waals surface area (Å²) in [5.41, 5.74) is 0.474. The Morgan fingerprint density at radius 1 is 1.54 bits per heavy atom. The quantitative estimate of drug-likeness (QED) is 0.827. The van der Waals surface area contributed by atoms with E-state index in [1.54, 1.807) is 24.1 Å². The van der Waals surface area contributed by atoms with E-state index in [9.17, 15) is 9.90 Å². The zero-order chi connectivity index (χ0) is 17.5. The van der Waals surface area contributed by atoms with E-state index in [4.69, 9.17) is 4.74 Å². The summed E-state index contributed by atoms with van der Waals surface area (Å²) in [5.74, 6) is 0.301. The highest BCUT2D eigenvalue weighted by molar-refractivity contribution is 5.92. The van der Waals surface area contributed by atoms with Crippen LogP contribution in [0.1, 0.15) is 37.2 Å². The lowest BCUT2D eigenvalue weighted by atomic mass is 9.66. The predicted octanol–water partition coefficient (Wildman–Crippen LogP) is 0.697. The van der Waals surface area contributed by atoms with E-state index in [-0.39, 0.29) is 17.4 Å². The lowest BCUT2D eigenvalue weighted by molar-refractivity contribution is -0.0827. The van der Waals surface area contributed by atoms with Crippen molar-refractivity contribution in [3.05, 3.63) is 18.0 Å². The summed E-state index contributed by atoms with van der Waals surface area (Å²) in [5, 5.41) is 17.6. The number of aliphatic hydroxyl groups is 1. The summed E-state index contributed by atoms with van der Waals surface area (Å²) in [6.45, 7) is 5.75. The van der Waals surface area contributed by atoms with Gasteiger partial charge in [-0.3, -0.25) is 4.79 Å². The average molecular weight is 336 g/mol. The summed E-state index contributed by atoms with van der Waals surface area (Å²) in [4.78, 5) is 14.8. The second-order valence-electron chi connectivity index (χ2n) is 7.68. The van der Waals surface area contributed by atoms with Gasteiger partial charge in [-0.15, -0.1) is 0 Å². The molecular weight excluding hydrogens is 308 g/mol. The molecule has 1 amide bonds. The predicted molar refractivity (Wildman–Crippen MR) is 89.4 cm³/mol. The van der Waals surface area contributed by atoms with Crippen LogP contribution in [0, 0.1) is 11.3 Å². The normalized spacial score (nSPS) is 33.2. The molecule has 2 N–H and O–H groups in total. The standard InChI is InChI=1S/C17H28N4O3/c1-11(2)15-17(9-20(15)3)7-13(14(22)8-17)18-16(23)12-5-6-21(19-12)10-24-4/h5-6,11,13-15,22H,7-10H2,1-4H3,(H,18,23)/t13-,14-,15?,17?/m1/s1. The van der Waals surface area contributed by atoms with Crippen molar-refractivity contribution in [3.63, 3.8) is 0 Å². The Balaban J connectivity index is 1.64. The van der Waals surface area contributed by atoms with Gasteiger partial charge < -0.3 is 20.1 Å². The van der Waals surface area contributed by atoms with E-state index < -0.39 is 6.10 Å². The first-order valence-electron chi connectivity index (χ1n) is 8.58. The number of likely N-dealkylation sites (tertiary alicyclic amines) is 1. The zero-order valence-electron chi connectivity index (χ0n) is 14.9. The van der Waals surface area contributed by atoms with Crippen LogP contribution in [0.4, 0.5) is 0 Å². The van der Waals surface area contributed by atoms with Crippen LogP contribution in [0.3, 0.4) is 0 Å². The molecule has 0 bridgehead atoms. The van der Waals surface area contributed by atoms with Gasteiger partial charge in [0.25, 0.3) is 5.91 Å². The van der Waals surface area contributed by atoms with Crippen LogP contribution in [-0.4, -0.2) is 64.6 Å². The van der Waals surface area contributed by atoms with Gasteiger partial charge in [0.05, 0.1) is 12.1 Å². The Morgan fingerprint density at radius 3 is 2.92 bits per heavy atom. The van der Waals surface area contributed by atoms with Gasteiger partial charge in [-0.25, -0.2) is 4.68 Å².